The normalized spacial score (nSPS) is 22.9. The van der Waals surface area contributed by atoms with Gasteiger partial charge in [-0.3, -0.25) is 4.90 Å². The number of β-amino-alcohol motifs (C(OH)–C–C–N with tert-alkyl or cyclic N) is 1. The first-order valence-electron chi connectivity index (χ1n) is 10.2. The summed E-state index contributed by atoms with van der Waals surface area (Å²) in [6.07, 6.45) is 2.45. The molecule has 1 amide bonds. The summed E-state index contributed by atoms with van der Waals surface area (Å²) in [5.74, 6) is -0.606. The van der Waals surface area contributed by atoms with E-state index in [1.807, 2.05) is 30.3 Å². The number of nitrogens with zero attached hydrogens (tertiary/aromatic N) is 1. The first kappa shape index (κ1) is 23.9. The fourth-order valence-electron chi connectivity index (χ4n) is 3.37. The van der Waals surface area contributed by atoms with Crippen LogP contribution in [0.5, 0.6) is 0 Å². The second-order valence-electron chi connectivity index (χ2n) is 8.65. The lowest BCUT2D eigenvalue weighted by molar-refractivity contribution is -0.144. The number of methoxy groups -OCH3 is 1. The molecule has 7 heteroatoms. The Labute approximate surface area is 178 Å². The van der Waals surface area contributed by atoms with Gasteiger partial charge in [0.15, 0.2) is 6.04 Å². The number of benzene rings is 1. The van der Waals surface area contributed by atoms with Gasteiger partial charge in [-0.05, 0) is 51.7 Å². The van der Waals surface area contributed by atoms with Crippen molar-refractivity contribution >= 4 is 12.1 Å². The zero-order chi connectivity index (χ0) is 22.4. The molecule has 1 fully saturated rings. The van der Waals surface area contributed by atoms with E-state index in [4.69, 9.17) is 14.2 Å². The summed E-state index contributed by atoms with van der Waals surface area (Å²) in [5, 5.41) is 10.9. The van der Waals surface area contributed by atoms with Crippen LogP contribution >= 0.6 is 0 Å². The SMILES string of the molecule is COC(=O)[C@@H]1/C(=C\CCCOCc2ccccc2)[C@](C)(O)CN1C(=O)OC(C)(C)C. The lowest BCUT2D eigenvalue weighted by atomic mass is 9.93. The van der Waals surface area contributed by atoms with Gasteiger partial charge in [-0.25, -0.2) is 9.59 Å². The summed E-state index contributed by atoms with van der Waals surface area (Å²) in [6, 6.07) is 8.89. The quantitative estimate of drug-likeness (QED) is 0.414. The van der Waals surface area contributed by atoms with Gasteiger partial charge in [-0.1, -0.05) is 36.4 Å². The molecule has 0 aliphatic carbocycles. The zero-order valence-electron chi connectivity index (χ0n) is 18.5. The van der Waals surface area contributed by atoms with Crippen molar-refractivity contribution in [2.45, 2.75) is 64.4 Å². The molecule has 30 heavy (non-hydrogen) atoms. The number of rotatable bonds is 7. The highest BCUT2D eigenvalue weighted by atomic mass is 16.6. The summed E-state index contributed by atoms with van der Waals surface area (Å²) in [7, 11) is 1.26. The maximum Gasteiger partial charge on any atom is 0.411 e. The number of carbonyl (C=O) groups is 2. The van der Waals surface area contributed by atoms with Gasteiger partial charge in [0.25, 0.3) is 0 Å². The van der Waals surface area contributed by atoms with Crippen LogP contribution in [0.25, 0.3) is 0 Å². The molecule has 0 spiro atoms. The third-order valence-electron chi connectivity index (χ3n) is 4.73. The number of aliphatic hydroxyl groups is 1. The molecule has 2 atom stereocenters. The predicted molar refractivity (Wildman–Crippen MR) is 113 cm³/mol. The number of esters is 1. The first-order chi connectivity index (χ1) is 14.0. The standard InChI is InChI=1S/C23H33NO6/c1-22(2,3)30-21(26)24-16-23(4,27)18(19(24)20(25)28-5)13-9-10-14-29-15-17-11-7-6-8-12-17/h6-8,11-13,19,27H,9-10,14-16H2,1-5H3/b18-13+/t19-,23+/m0/s1. The van der Waals surface area contributed by atoms with E-state index in [0.717, 1.165) is 5.56 Å². The van der Waals surface area contributed by atoms with Crippen LogP contribution in [0, 0.1) is 0 Å². The molecule has 7 nitrogen and oxygen atoms in total. The number of allylic oxidation sites excluding steroid dienone is 1. The Bertz CT molecular complexity index is 751. The van der Waals surface area contributed by atoms with Gasteiger partial charge in [-0.2, -0.15) is 0 Å². The largest absolute Gasteiger partial charge is 0.467 e. The van der Waals surface area contributed by atoms with E-state index in [9.17, 15) is 14.7 Å². The molecular weight excluding hydrogens is 386 g/mol. The molecule has 0 saturated carbocycles. The van der Waals surface area contributed by atoms with Crippen molar-refractivity contribution in [3.8, 4) is 0 Å². The highest BCUT2D eigenvalue weighted by Gasteiger charge is 2.51. The van der Waals surface area contributed by atoms with E-state index < -0.39 is 29.3 Å². The number of hydrogen-bond donors (Lipinski definition) is 1. The van der Waals surface area contributed by atoms with Crippen LogP contribution in [-0.2, 0) is 25.6 Å². The molecular formula is C23H33NO6. The Morgan fingerprint density at radius 2 is 1.93 bits per heavy atom. The second-order valence-corrected chi connectivity index (χ2v) is 8.65. The van der Waals surface area contributed by atoms with Crippen molar-refractivity contribution in [1.29, 1.82) is 0 Å². The van der Waals surface area contributed by atoms with Crippen LogP contribution in [0.1, 0.15) is 46.1 Å². The third kappa shape index (κ3) is 6.57. The van der Waals surface area contributed by atoms with Gasteiger partial charge in [0.05, 0.1) is 20.3 Å². The lowest BCUT2D eigenvalue weighted by Gasteiger charge is -2.27. The van der Waals surface area contributed by atoms with Crippen LogP contribution in [0.15, 0.2) is 42.0 Å². The molecule has 166 valence electrons. The van der Waals surface area contributed by atoms with E-state index in [1.165, 1.54) is 12.0 Å². The number of ether oxygens (including phenoxy) is 3. The highest BCUT2D eigenvalue weighted by Crippen LogP contribution is 2.35. The molecule has 0 bridgehead atoms. The number of unbranched alkanes of at least 4 members (excludes halogenated alkanes) is 1. The van der Waals surface area contributed by atoms with Gasteiger partial charge >= 0.3 is 12.1 Å². The predicted octanol–water partition coefficient (Wildman–Crippen LogP) is 3.45. The van der Waals surface area contributed by atoms with E-state index in [0.29, 0.717) is 31.6 Å². The van der Waals surface area contributed by atoms with Crippen LogP contribution in [0.2, 0.25) is 0 Å². The molecule has 1 saturated heterocycles. The fraction of sp³-hybridized carbons (Fsp3) is 0.565. The second kappa shape index (κ2) is 10.1. The van der Waals surface area contributed by atoms with Gasteiger partial charge in [0.2, 0.25) is 0 Å². The molecule has 2 rings (SSSR count). The molecule has 1 aromatic carbocycles. The van der Waals surface area contributed by atoms with E-state index in [2.05, 4.69) is 0 Å². The number of carbonyl (C=O) groups excluding carboxylic acids is 2. The lowest BCUT2D eigenvalue weighted by Crippen LogP contribution is -2.44. The highest BCUT2D eigenvalue weighted by molar-refractivity contribution is 5.86. The van der Waals surface area contributed by atoms with Crippen LogP contribution in [0.3, 0.4) is 0 Å². The first-order valence-corrected chi connectivity index (χ1v) is 10.2. The minimum Gasteiger partial charge on any atom is -0.467 e. The number of hydrogen-bond acceptors (Lipinski definition) is 6. The van der Waals surface area contributed by atoms with Crippen molar-refractivity contribution in [3.05, 3.63) is 47.5 Å². The Morgan fingerprint density at radius 1 is 1.27 bits per heavy atom. The molecule has 0 unspecified atom stereocenters. The molecule has 1 aliphatic rings. The number of amides is 1. The fourth-order valence-corrected chi connectivity index (χ4v) is 3.37. The Hall–Kier alpha value is -2.38. The van der Waals surface area contributed by atoms with Crippen molar-refractivity contribution in [1.82, 2.24) is 4.90 Å². The average molecular weight is 420 g/mol. The molecule has 1 aliphatic heterocycles. The number of likely N-dealkylation sites (tertiary alicyclic amines) is 1. The summed E-state index contributed by atoms with van der Waals surface area (Å²) in [4.78, 5) is 26.3. The van der Waals surface area contributed by atoms with Gasteiger partial charge < -0.3 is 19.3 Å². The third-order valence-corrected chi connectivity index (χ3v) is 4.73. The van der Waals surface area contributed by atoms with Crippen molar-refractivity contribution in [3.63, 3.8) is 0 Å². The molecule has 0 aromatic heterocycles. The van der Waals surface area contributed by atoms with Gasteiger partial charge in [0.1, 0.15) is 11.2 Å². The van der Waals surface area contributed by atoms with E-state index in [-0.39, 0.29) is 6.54 Å². The minimum atomic E-state index is -1.35. The topological polar surface area (TPSA) is 85.3 Å². The monoisotopic (exact) mass is 419 g/mol. The van der Waals surface area contributed by atoms with Crippen LogP contribution < -0.4 is 0 Å². The Morgan fingerprint density at radius 3 is 2.53 bits per heavy atom. The average Bonchev–Trinajstić information content (AvgIpc) is 2.94. The Balaban J connectivity index is 2.02. The molecule has 1 aromatic rings. The molecule has 0 radical (unpaired) electrons. The summed E-state index contributed by atoms with van der Waals surface area (Å²) >= 11 is 0. The molecule has 1 heterocycles. The van der Waals surface area contributed by atoms with Crippen LogP contribution in [0.4, 0.5) is 4.79 Å². The van der Waals surface area contributed by atoms with E-state index >= 15 is 0 Å². The van der Waals surface area contributed by atoms with Crippen molar-refractivity contribution in [2.75, 3.05) is 20.3 Å². The van der Waals surface area contributed by atoms with E-state index in [1.54, 1.807) is 33.8 Å². The van der Waals surface area contributed by atoms with Gasteiger partial charge in [-0.15, -0.1) is 0 Å². The summed E-state index contributed by atoms with van der Waals surface area (Å²) in [6.45, 7) is 7.87. The summed E-state index contributed by atoms with van der Waals surface area (Å²) < 4.78 is 16.0. The van der Waals surface area contributed by atoms with Crippen molar-refractivity contribution < 1.29 is 28.9 Å². The summed E-state index contributed by atoms with van der Waals surface area (Å²) in [5.41, 5.74) is -0.510. The Kier molecular flexibility index (Phi) is 8.03. The molecule has 1 N–H and O–H groups in total. The maximum absolute atomic E-state index is 12.6. The van der Waals surface area contributed by atoms with Crippen molar-refractivity contribution in [2.24, 2.45) is 0 Å². The van der Waals surface area contributed by atoms with Gasteiger partial charge in [0, 0.05) is 6.61 Å². The minimum absolute atomic E-state index is 0.0436. The smallest absolute Gasteiger partial charge is 0.411 e. The van der Waals surface area contributed by atoms with Crippen LogP contribution in [-0.4, -0.2) is 59.6 Å². The zero-order valence-corrected chi connectivity index (χ0v) is 18.5. The maximum atomic E-state index is 12.6.